The van der Waals surface area contributed by atoms with Crippen LogP contribution in [0.2, 0.25) is 0 Å². The maximum atomic E-state index is 14.8. The van der Waals surface area contributed by atoms with Gasteiger partial charge in [0.25, 0.3) is 5.91 Å². The quantitative estimate of drug-likeness (QED) is 0.500. The second-order valence-electron chi connectivity index (χ2n) is 7.80. The Morgan fingerprint density at radius 3 is 2.45 bits per heavy atom. The molecule has 2 aromatic heterocycles. The summed E-state index contributed by atoms with van der Waals surface area (Å²) in [6.07, 6.45) is 3.88. The SMILES string of the molecule is N#Cc1ccc(Cn2c3c(c(-c4ccc(F)cc4)c2-c2ccncc2)C(=O)NCC3)c(F)c1. The van der Waals surface area contributed by atoms with E-state index in [1.165, 1.54) is 18.2 Å². The van der Waals surface area contributed by atoms with Gasteiger partial charge in [-0.05, 0) is 42.0 Å². The number of nitrogens with zero attached hydrogens (tertiary/aromatic N) is 3. The number of amides is 1. The number of nitrogens with one attached hydrogen (secondary N) is 1. The van der Waals surface area contributed by atoms with Crippen molar-refractivity contribution in [2.75, 3.05) is 6.54 Å². The Morgan fingerprint density at radius 2 is 1.76 bits per heavy atom. The van der Waals surface area contributed by atoms with Crippen LogP contribution in [0.15, 0.2) is 67.0 Å². The fourth-order valence-corrected chi connectivity index (χ4v) is 4.35. The number of rotatable bonds is 4. The number of benzene rings is 2. The van der Waals surface area contributed by atoms with Gasteiger partial charge in [-0.15, -0.1) is 0 Å². The van der Waals surface area contributed by atoms with Crippen molar-refractivity contribution in [1.82, 2.24) is 14.9 Å². The molecule has 2 aromatic carbocycles. The Balaban J connectivity index is 1.80. The van der Waals surface area contributed by atoms with Crippen molar-refractivity contribution in [3.05, 3.63) is 101 Å². The summed E-state index contributed by atoms with van der Waals surface area (Å²) in [5.41, 5.74) is 4.83. The number of fused-ring (bicyclic) bond motifs is 1. The first kappa shape index (κ1) is 20.6. The minimum atomic E-state index is -0.485. The Labute approximate surface area is 188 Å². The number of halogens is 2. The van der Waals surface area contributed by atoms with Gasteiger partial charge in [-0.3, -0.25) is 9.78 Å². The van der Waals surface area contributed by atoms with E-state index in [-0.39, 0.29) is 23.8 Å². The van der Waals surface area contributed by atoms with Crippen molar-refractivity contribution >= 4 is 5.91 Å². The van der Waals surface area contributed by atoms with Crippen molar-refractivity contribution < 1.29 is 13.6 Å². The summed E-state index contributed by atoms with van der Waals surface area (Å²) in [5.74, 6) is -1.08. The van der Waals surface area contributed by atoms with Crippen LogP contribution in [0.25, 0.3) is 22.4 Å². The van der Waals surface area contributed by atoms with Gasteiger partial charge in [-0.1, -0.05) is 18.2 Å². The highest BCUT2D eigenvalue weighted by molar-refractivity contribution is 6.07. The molecule has 5 nitrogen and oxygen atoms in total. The van der Waals surface area contributed by atoms with Crippen LogP contribution in [0.3, 0.4) is 0 Å². The topological polar surface area (TPSA) is 70.7 Å². The molecule has 33 heavy (non-hydrogen) atoms. The molecule has 0 atom stereocenters. The van der Waals surface area contributed by atoms with E-state index in [1.54, 1.807) is 36.7 Å². The third-order valence-corrected chi connectivity index (χ3v) is 5.84. The zero-order valence-electron chi connectivity index (χ0n) is 17.5. The molecule has 0 saturated carbocycles. The molecule has 4 aromatic rings. The zero-order valence-corrected chi connectivity index (χ0v) is 17.5. The summed E-state index contributed by atoms with van der Waals surface area (Å²) in [6.45, 7) is 0.635. The predicted molar refractivity (Wildman–Crippen MR) is 119 cm³/mol. The lowest BCUT2D eigenvalue weighted by Gasteiger charge is -2.18. The summed E-state index contributed by atoms with van der Waals surface area (Å²) >= 11 is 0. The van der Waals surface area contributed by atoms with E-state index in [0.29, 0.717) is 35.2 Å². The number of nitriles is 1. The Bertz CT molecular complexity index is 1400. The number of aromatic nitrogens is 2. The van der Waals surface area contributed by atoms with Gasteiger partial charge in [0.15, 0.2) is 0 Å². The maximum Gasteiger partial charge on any atom is 0.253 e. The third kappa shape index (κ3) is 3.66. The molecule has 0 spiro atoms. The molecule has 1 amide bonds. The normalized spacial score (nSPS) is 12.7. The summed E-state index contributed by atoms with van der Waals surface area (Å²) < 4.78 is 30.5. The largest absolute Gasteiger partial charge is 0.352 e. The first-order chi connectivity index (χ1) is 16.1. The molecule has 0 saturated heterocycles. The van der Waals surface area contributed by atoms with Crippen molar-refractivity contribution in [2.24, 2.45) is 0 Å². The van der Waals surface area contributed by atoms with Gasteiger partial charge in [0.1, 0.15) is 11.6 Å². The molecule has 3 heterocycles. The van der Waals surface area contributed by atoms with Gasteiger partial charge in [0.05, 0.1) is 29.4 Å². The van der Waals surface area contributed by atoms with Crippen LogP contribution < -0.4 is 5.32 Å². The maximum absolute atomic E-state index is 14.8. The number of carbonyl (C=O) groups excluding carboxylic acids is 1. The minimum Gasteiger partial charge on any atom is -0.352 e. The Morgan fingerprint density at radius 1 is 1.00 bits per heavy atom. The lowest BCUT2D eigenvalue weighted by molar-refractivity contribution is 0.0946. The molecule has 0 radical (unpaired) electrons. The van der Waals surface area contributed by atoms with E-state index >= 15 is 0 Å². The Hall–Kier alpha value is -4.31. The number of carbonyl (C=O) groups is 1. The lowest BCUT2D eigenvalue weighted by atomic mass is 9.95. The van der Waals surface area contributed by atoms with E-state index in [1.807, 2.05) is 22.8 Å². The molecule has 0 aliphatic carbocycles. The van der Waals surface area contributed by atoms with Gasteiger partial charge in [-0.25, -0.2) is 8.78 Å². The average Bonchev–Trinajstić information content (AvgIpc) is 3.16. The van der Waals surface area contributed by atoms with E-state index in [4.69, 9.17) is 5.26 Å². The van der Waals surface area contributed by atoms with E-state index in [2.05, 4.69) is 10.3 Å². The smallest absolute Gasteiger partial charge is 0.253 e. The molecule has 1 aliphatic heterocycles. The lowest BCUT2D eigenvalue weighted by Crippen LogP contribution is -2.32. The third-order valence-electron chi connectivity index (χ3n) is 5.84. The second kappa shape index (κ2) is 8.32. The fourth-order valence-electron chi connectivity index (χ4n) is 4.35. The number of pyridine rings is 1. The molecule has 5 rings (SSSR count). The summed E-state index contributed by atoms with van der Waals surface area (Å²) in [6, 6.07) is 16.0. The molecular weight excluding hydrogens is 422 g/mol. The molecular formula is C26H18F2N4O. The van der Waals surface area contributed by atoms with Gasteiger partial charge >= 0.3 is 0 Å². The highest BCUT2D eigenvalue weighted by atomic mass is 19.1. The molecule has 0 bridgehead atoms. The van der Waals surface area contributed by atoms with Crippen LogP contribution in [0.1, 0.15) is 27.2 Å². The zero-order chi connectivity index (χ0) is 22.9. The molecule has 1 N–H and O–H groups in total. The molecule has 7 heteroatoms. The molecule has 0 unspecified atom stereocenters. The van der Waals surface area contributed by atoms with Crippen molar-refractivity contribution in [3.8, 4) is 28.5 Å². The van der Waals surface area contributed by atoms with Crippen LogP contribution in [-0.4, -0.2) is 22.0 Å². The summed E-state index contributed by atoms with van der Waals surface area (Å²) in [5, 5.41) is 12.0. The average molecular weight is 440 g/mol. The minimum absolute atomic E-state index is 0.173. The first-order valence-corrected chi connectivity index (χ1v) is 10.4. The van der Waals surface area contributed by atoms with Crippen molar-refractivity contribution in [3.63, 3.8) is 0 Å². The van der Waals surface area contributed by atoms with Gasteiger partial charge < -0.3 is 9.88 Å². The standard InChI is InChI=1S/C26H18F2N4O/c27-20-5-3-17(4-6-20)23-24-22(9-12-31-26(24)33)32(25(23)18-7-10-30-11-8-18)15-19-2-1-16(14-29)13-21(19)28/h1-8,10-11,13H,9,12,15H2,(H,31,33). The van der Waals surface area contributed by atoms with E-state index in [9.17, 15) is 13.6 Å². The van der Waals surface area contributed by atoms with Gasteiger partial charge in [0.2, 0.25) is 0 Å². The van der Waals surface area contributed by atoms with Crippen LogP contribution >= 0.6 is 0 Å². The summed E-state index contributed by atoms with van der Waals surface area (Å²) in [4.78, 5) is 17.1. The highest BCUT2D eigenvalue weighted by Gasteiger charge is 2.31. The first-order valence-electron chi connectivity index (χ1n) is 10.4. The highest BCUT2D eigenvalue weighted by Crippen LogP contribution is 2.41. The van der Waals surface area contributed by atoms with E-state index < -0.39 is 5.82 Å². The fraction of sp³-hybridized carbons (Fsp3) is 0.115. The van der Waals surface area contributed by atoms with E-state index in [0.717, 1.165) is 17.0 Å². The van der Waals surface area contributed by atoms with Crippen molar-refractivity contribution in [2.45, 2.75) is 13.0 Å². The van der Waals surface area contributed by atoms with Gasteiger partial charge in [-0.2, -0.15) is 5.26 Å². The number of hydrogen-bond acceptors (Lipinski definition) is 3. The van der Waals surface area contributed by atoms with Crippen LogP contribution in [0, 0.1) is 23.0 Å². The predicted octanol–water partition coefficient (Wildman–Crippen LogP) is 4.70. The molecule has 0 fully saturated rings. The summed E-state index contributed by atoms with van der Waals surface area (Å²) in [7, 11) is 0. The van der Waals surface area contributed by atoms with Crippen molar-refractivity contribution in [1.29, 1.82) is 5.26 Å². The van der Waals surface area contributed by atoms with Gasteiger partial charge in [0, 0.05) is 47.7 Å². The second-order valence-corrected chi connectivity index (χ2v) is 7.80. The van der Waals surface area contributed by atoms with Crippen LogP contribution in [0.4, 0.5) is 8.78 Å². The van der Waals surface area contributed by atoms with Crippen LogP contribution in [0.5, 0.6) is 0 Å². The van der Waals surface area contributed by atoms with Crippen LogP contribution in [-0.2, 0) is 13.0 Å². The monoisotopic (exact) mass is 440 g/mol. The molecule has 162 valence electrons. The molecule has 1 aliphatic rings. The number of hydrogen-bond donors (Lipinski definition) is 1. The Kier molecular flexibility index (Phi) is 5.19.